The number of nitrogens with two attached hydrogens (primary N) is 1. The quantitative estimate of drug-likeness (QED) is 0.607. The molecule has 1 unspecified atom stereocenters. The zero-order valence-corrected chi connectivity index (χ0v) is 14.3. The molecule has 1 aromatic heterocycles. The third kappa shape index (κ3) is 2.66. The topological polar surface area (TPSA) is 96.5 Å². The van der Waals surface area contributed by atoms with Crippen molar-refractivity contribution < 1.29 is 14.7 Å². The van der Waals surface area contributed by atoms with Crippen LogP contribution < -0.4 is 5.73 Å². The van der Waals surface area contributed by atoms with Crippen LogP contribution in [0.25, 0.3) is 0 Å². The number of carbonyl (C=O) groups is 2. The Labute approximate surface area is 140 Å². The van der Waals surface area contributed by atoms with Gasteiger partial charge in [-0.25, -0.2) is 9.78 Å². The van der Waals surface area contributed by atoms with Gasteiger partial charge in [-0.05, 0) is 12.0 Å². The van der Waals surface area contributed by atoms with Gasteiger partial charge in [0.25, 0.3) is 0 Å². The minimum Gasteiger partial charge on any atom is -0.477 e. The van der Waals surface area contributed by atoms with Crippen LogP contribution in [0.1, 0.15) is 11.9 Å². The van der Waals surface area contributed by atoms with Crippen LogP contribution in [0.5, 0.6) is 0 Å². The largest absolute Gasteiger partial charge is 0.477 e. The maximum atomic E-state index is 11.8. The number of carboxylic acids is 1. The number of fused-ring (bicyclic) bond motifs is 1. The van der Waals surface area contributed by atoms with Gasteiger partial charge in [0.2, 0.25) is 5.91 Å². The van der Waals surface area contributed by atoms with Crippen molar-refractivity contribution in [1.29, 1.82) is 0 Å². The SMILES string of the molecule is CCc1ncc(SCC2=C(C(=O)O)N3C(=O)C(N)[C@H]3SC2)s1. The summed E-state index contributed by atoms with van der Waals surface area (Å²) in [7, 11) is 0. The number of β-lactam (4-membered cyclic amide) rings is 1. The summed E-state index contributed by atoms with van der Waals surface area (Å²) in [4.78, 5) is 29.0. The summed E-state index contributed by atoms with van der Waals surface area (Å²) >= 11 is 4.72. The smallest absolute Gasteiger partial charge is 0.352 e. The number of carboxylic acid groups (broad SMARTS) is 1. The van der Waals surface area contributed by atoms with Gasteiger partial charge in [0.15, 0.2) is 0 Å². The normalized spacial score (nSPS) is 24.3. The summed E-state index contributed by atoms with van der Waals surface area (Å²) in [6, 6.07) is -0.581. The number of amides is 1. The van der Waals surface area contributed by atoms with Gasteiger partial charge in [-0.2, -0.15) is 0 Å². The number of carbonyl (C=O) groups excluding carboxylic acids is 1. The first kappa shape index (κ1) is 15.9. The zero-order valence-electron chi connectivity index (χ0n) is 11.8. The van der Waals surface area contributed by atoms with E-state index in [1.807, 2.05) is 6.20 Å². The second-order valence-electron chi connectivity index (χ2n) is 4.91. The second-order valence-corrected chi connectivity index (χ2v) is 8.40. The number of hydrogen-bond acceptors (Lipinski definition) is 7. The lowest BCUT2D eigenvalue weighted by Crippen LogP contribution is -2.68. The molecule has 2 aliphatic heterocycles. The van der Waals surface area contributed by atoms with Crippen LogP contribution in [0.4, 0.5) is 0 Å². The van der Waals surface area contributed by atoms with Gasteiger partial charge < -0.3 is 10.8 Å². The van der Waals surface area contributed by atoms with E-state index in [1.54, 1.807) is 23.1 Å². The number of rotatable bonds is 5. The summed E-state index contributed by atoms with van der Waals surface area (Å²) in [5.41, 5.74) is 6.61. The second kappa shape index (κ2) is 6.23. The van der Waals surface area contributed by atoms with Crippen molar-refractivity contribution in [3.63, 3.8) is 0 Å². The Morgan fingerprint density at radius 1 is 1.64 bits per heavy atom. The third-order valence-corrected chi connectivity index (χ3v) is 7.30. The standard InChI is InChI=1S/C13H15N3O3S3/c1-2-7-15-3-8(22-7)20-4-6-5-21-12-9(14)11(17)16(12)10(6)13(18)19/h3,9,12H,2,4-5,14H2,1H3,(H,18,19)/t9?,12-/m1/s1. The fraction of sp³-hybridized carbons (Fsp3) is 0.462. The molecule has 0 radical (unpaired) electrons. The van der Waals surface area contributed by atoms with Gasteiger partial charge in [-0.3, -0.25) is 9.69 Å². The third-order valence-electron chi connectivity index (χ3n) is 3.51. The number of aromatic nitrogens is 1. The van der Waals surface area contributed by atoms with Gasteiger partial charge in [0, 0.05) is 11.5 Å². The Kier molecular flexibility index (Phi) is 4.49. The molecule has 118 valence electrons. The molecule has 1 amide bonds. The summed E-state index contributed by atoms with van der Waals surface area (Å²) < 4.78 is 1.06. The Bertz CT molecular complexity index is 658. The first-order valence-corrected chi connectivity index (χ1v) is 9.61. The average Bonchev–Trinajstić information content (AvgIpc) is 2.99. The fourth-order valence-corrected chi connectivity index (χ4v) is 5.77. The van der Waals surface area contributed by atoms with E-state index in [-0.39, 0.29) is 17.0 Å². The molecule has 9 heteroatoms. The number of nitrogens with zero attached hydrogens (tertiary/aromatic N) is 2. The highest BCUT2D eigenvalue weighted by Crippen LogP contribution is 2.41. The van der Waals surface area contributed by atoms with Crippen molar-refractivity contribution in [2.45, 2.75) is 29.0 Å². The van der Waals surface area contributed by atoms with E-state index in [2.05, 4.69) is 11.9 Å². The van der Waals surface area contributed by atoms with E-state index in [0.29, 0.717) is 11.5 Å². The van der Waals surface area contributed by atoms with Gasteiger partial charge in [0.1, 0.15) is 17.1 Å². The molecule has 2 aliphatic rings. The van der Waals surface area contributed by atoms with Crippen molar-refractivity contribution in [2.75, 3.05) is 11.5 Å². The Balaban J connectivity index is 1.78. The monoisotopic (exact) mass is 357 g/mol. The maximum absolute atomic E-state index is 11.8. The van der Waals surface area contributed by atoms with Gasteiger partial charge in [-0.1, -0.05) is 6.92 Å². The van der Waals surface area contributed by atoms with Gasteiger partial charge in [-0.15, -0.1) is 34.9 Å². The summed E-state index contributed by atoms with van der Waals surface area (Å²) in [5, 5.41) is 10.3. The molecule has 6 nitrogen and oxygen atoms in total. The molecule has 0 bridgehead atoms. The lowest BCUT2D eigenvalue weighted by Gasteiger charge is -2.48. The van der Waals surface area contributed by atoms with Crippen LogP contribution in [0.3, 0.4) is 0 Å². The highest BCUT2D eigenvalue weighted by molar-refractivity contribution is 8.02. The summed E-state index contributed by atoms with van der Waals surface area (Å²) in [6.45, 7) is 2.05. The molecule has 1 aromatic rings. The number of hydrogen-bond donors (Lipinski definition) is 2. The molecule has 3 N–H and O–H groups in total. The lowest BCUT2D eigenvalue weighted by atomic mass is 10.0. The lowest BCUT2D eigenvalue weighted by molar-refractivity contribution is -0.147. The molecule has 0 saturated carbocycles. The van der Waals surface area contributed by atoms with E-state index in [0.717, 1.165) is 21.2 Å². The van der Waals surface area contributed by atoms with Crippen LogP contribution in [-0.4, -0.2) is 49.8 Å². The van der Waals surface area contributed by atoms with E-state index in [4.69, 9.17) is 5.73 Å². The molecular weight excluding hydrogens is 342 g/mol. The van der Waals surface area contributed by atoms with Crippen molar-refractivity contribution in [3.8, 4) is 0 Å². The molecule has 0 spiro atoms. The first-order chi connectivity index (χ1) is 10.5. The van der Waals surface area contributed by atoms with Crippen molar-refractivity contribution in [2.24, 2.45) is 5.73 Å². The average molecular weight is 357 g/mol. The fourth-order valence-electron chi connectivity index (χ4n) is 2.37. The zero-order chi connectivity index (χ0) is 15.9. The van der Waals surface area contributed by atoms with E-state index in [9.17, 15) is 14.7 Å². The van der Waals surface area contributed by atoms with Crippen LogP contribution in [-0.2, 0) is 16.0 Å². The van der Waals surface area contributed by atoms with Gasteiger partial charge >= 0.3 is 5.97 Å². The minimum absolute atomic E-state index is 0.114. The van der Waals surface area contributed by atoms with E-state index >= 15 is 0 Å². The van der Waals surface area contributed by atoms with Crippen LogP contribution in [0, 0.1) is 0 Å². The van der Waals surface area contributed by atoms with Crippen molar-refractivity contribution in [1.82, 2.24) is 9.88 Å². The molecule has 0 aromatic carbocycles. The molecule has 22 heavy (non-hydrogen) atoms. The van der Waals surface area contributed by atoms with E-state index < -0.39 is 12.0 Å². The highest BCUT2D eigenvalue weighted by atomic mass is 32.2. The Morgan fingerprint density at radius 3 is 3.05 bits per heavy atom. The highest BCUT2D eigenvalue weighted by Gasteiger charge is 2.51. The Hall–Kier alpha value is -1.03. The molecule has 3 rings (SSSR count). The minimum atomic E-state index is -1.06. The molecule has 3 heterocycles. The first-order valence-electron chi connectivity index (χ1n) is 6.76. The molecule has 2 atom stereocenters. The van der Waals surface area contributed by atoms with E-state index in [1.165, 1.54) is 16.7 Å². The van der Waals surface area contributed by atoms with Crippen molar-refractivity contribution >= 4 is 46.7 Å². The molecular formula is C13H15N3O3S3. The number of thiazole rings is 1. The predicted molar refractivity (Wildman–Crippen MR) is 87.9 cm³/mol. The van der Waals surface area contributed by atoms with Crippen molar-refractivity contribution in [3.05, 3.63) is 22.5 Å². The maximum Gasteiger partial charge on any atom is 0.352 e. The van der Waals surface area contributed by atoms with Crippen LogP contribution in [0.15, 0.2) is 21.7 Å². The Morgan fingerprint density at radius 2 is 2.41 bits per heavy atom. The number of aliphatic carboxylic acids is 1. The molecule has 0 aliphatic carbocycles. The summed E-state index contributed by atoms with van der Waals surface area (Å²) in [5.74, 6) is -0.218. The van der Waals surface area contributed by atoms with Gasteiger partial charge in [0.05, 0.1) is 15.4 Å². The van der Waals surface area contributed by atoms with Crippen LogP contribution >= 0.6 is 34.9 Å². The summed E-state index contributed by atoms with van der Waals surface area (Å²) in [6.07, 6.45) is 2.71. The van der Waals surface area contributed by atoms with Crippen LogP contribution in [0.2, 0.25) is 0 Å². The molecule has 1 fully saturated rings. The number of thioether (sulfide) groups is 2. The molecule has 1 saturated heterocycles. The predicted octanol–water partition coefficient (Wildman–Crippen LogP) is 1.38. The number of aryl methyl sites for hydroxylation is 1.